The van der Waals surface area contributed by atoms with Crippen LogP contribution in [-0.2, 0) is 15.8 Å². The van der Waals surface area contributed by atoms with Gasteiger partial charge in [-0.05, 0) is 30.7 Å². The van der Waals surface area contributed by atoms with Gasteiger partial charge < -0.3 is 0 Å². The maximum Gasteiger partial charge on any atom is 0.216 e. The summed E-state index contributed by atoms with van der Waals surface area (Å²) in [6.07, 6.45) is 0. The topological polar surface area (TPSA) is 46.2 Å². The third-order valence-corrected chi connectivity index (χ3v) is 4.43. The van der Waals surface area contributed by atoms with Gasteiger partial charge in [-0.15, -0.1) is 0 Å². The second-order valence-corrected chi connectivity index (χ2v) is 6.50. The molecule has 0 spiro atoms. The van der Waals surface area contributed by atoms with Crippen molar-refractivity contribution in [2.75, 3.05) is 0 Å². The predicted molar refractivity (Wildman–Crippen MR) is 77.0 cm³/mol. The van der Waals surface area contributed by atoms with E-state index in [0.29, 0.717) is 5.56 Å². The zero-order valence-corrected chi connectivity index (χ0v) is 12.2. The maximum absolute atomic E-state index is 13.5. The Morgan fingerprint density at radius 2 is 1.67 bits per heavy atom. The van der Waals surface area contributed by atoms with Gasteiger partial charge in [-0.25, -0.2) is 21.9 Å². The summed E-state index contributed by atoms with van der Waals surface area (Å²) in [6, 6.07) is 10.7. The van der Waals surface area contributed by atoms with E-state index in [2.05, 4.69) is 4.72 Å². The Balaban J connectivity index is 2.10. The molecule has 0 saturated heterocycles. The molecule has 6 heteroatoms. The lowest BCUT2D eigenvalue weighted by Crippen LogP contribution is -2.28. The fourth-order valence-corrected chi connectivity index (χ4v) is 3.35. The highest BCUT2D eigenvalue weighted by Crippen LogP contribution is 2.16. The molecule has 0 saturated carbocycles. The van der Waals surface area contributed by atoms with Crippen molar-refractivity contribution in [1.82, 2.24) is 4.72 Å². The van der Waals surface area contributed by atoms with Gasteiger partial charge in [0.1, 0.15) is 11.6 Å². The Morgan fingerprint density at radius 3 is 2.29 bits per heavy atom. The molecular formula is C15H15F2NO2S. The number of nitrogens with one attached hydrogen (secondary N) is 1. The molecule has 2 rings (SSSR count). The first-order chi connectivity index (χ1) is 9.87. The van der Waals surface area contributed by atoms with Crippen LogP contribution in [0.15, 0.2) is 48.5 Å². The molecule has 0 aliphatic carbocycles. The summed E-state index contributed by atoms with van der Waals surface area (Å²) < 4.78 is 52.9. The Labute approximate surface area is 122 Å². The van der Waals surface area contributed by atoms with E-state index >= 15 is 0 Å². The number of hydrogen-bond donors (Lipinski definition) is 1. The van der Waals surface area contributed by atoms with Crippen LogP contribution in [-0.4, -0.2) is 8.42 Å². The normalized spacial score (nSPS) is 13.1. The van der Waals surface area contributed by atoms with Crippen LogP contribution in [0.25, 0.3) is 0 Å². The molecular weight excluding hydrogens is 296 g/mol. The van der Waals surface area contributed by atoms with Gasteiger partial charge in [-0.2, -0.15) is 0 Å². The largest absolute Gasteiger partial charge is 0.216 e. The molecule has 1 N–H and O–H groups in total. The Hall–Kier alpha value is -1.79. The maximum atomic E-state index is 13.5. The van der Waals surface area contributed by atoms with E-state index in [4.69, 9.17) is 0 Å². The Morgan fingerprint density at radius 1 is 1.05 bits per heavy atom. The van der Waals surface area contributed by atoms with Gasteiger partial charge in [0, 0.05) is 11.6 Å². The first-order valence-corrected chi connectivity index (χ1v) is 8.01. The molecule has 0 aliphatic heterocycles. The molecule has 2 aromatic carbocycles. The van der Waals surface area contributed by atoms with Crippen molar-refractivity contribution in [3.8, 4) is 0 Å². The summed E-state index contributed by atoms with van der Waals surface area (Å²) >= 11 is 0. The lowest BCUT2D eigenvalue weighted by atomic mass is 10.1. The predicted octanol–water partition coefficient (Wildman–Crippen LogP) is 3.15. The van der Waals surface area contributed by atoms with Crippen molar-refractivity contribution >= 4 is 10.0 Å². The second-order valence-electron chi connectivity index (χ2n) is 4.74. The third-order valence-electron chi connectivity index (χ3n) is 3.03. The molecule has 0 radical (unpaired) electrons. The zero-order chi connectivity index (χ0) is 15.5. The van der Waals surface area contributed by atoms with Crippen LogP contribution in [0.2, 0.25) is 0 Å². The number of sulfonamides is 1. The quantitative estimate of drug-likeness (QED) is 0.922. The van der Waals surface area contributed by atoms with E-state index in [0.717, 1.165) is 0 Å². The average Bonchev–Trinajstić information content (AvgIpc) is 2.41. The minimum absolute atomic E-state index is 0.108. The highest BCUT2D eigenvalue weighted by atomic mass is 32.2. The van der Waals surface area contributed by atoms with Crippen molar-refractivity contribution in [3.63, 3.8) is 0 Å². The highest BCUT2D eigenvalue weighted by Gasteiger charge is 2.18. The van der Waals surface area contributed by atoms with Gasteiger partial charge in [0.2, 0.25) is 10.0 Å². The highest BCUT2D eigenvalue weighted by molar-refractivity contribution is 7.88. The lowest BCUT2D eigenvalue weighted by Gasteiger charge is -2.15. The summed E-state index contributed by atoms with van der Waals surface area (Å²) in [7, 11) is -3.70. The molecule has 0 bridgehead atoms. The molecule has 0 aromatic heterocycles. The van der Waals surface area contributed by atoms with Gasteiger partial charge in [0.25, 0.3) is 0 Å². The molecule has 2 aromatic rings. The number of benzene rings is 2. The molecule has 0 fully saturated rings. The van der Waals surface area contributed by atoms with Crippen molar-refractivity contribution in [1.29, 1.82) is 0 Å². The minimum atomic E-state index is -3.70. The molecule has 0 amide bonds. The average molecular weight is 311 g/mol. The van der Waals surface area contributed by atoms with Gasteiger partial charge in [-0.3, -0.25) is 0 Å². The smallest absolute Gasteiger partial charge is 0.212 e. The van der Waals surface area contributed by atoms with Gasteiger partial charge in [0.05, 0.1) is 5.75 Å². The molecule has 0 heterocycles. The molecule has 21 heavy (non-hydrogen) atoms. The standard InChI is InChI=1S/C15H15F2NO2S/c1-11(12-6-8-14(16)9-7-12)18-21(19,20)10-13-4-2-3-5-15(13)17/h2-9,11,18H,10H2,1H3/t11-/m1/s1. The zero-order valence-electron chi connectivity index (χ0n) is 11.4. The molecule has 1 atom stereocenters. The summed E-state index contributed by atoms with van der Waals surface area (Å²) in [5.41, 5.74) is 0.741. The van der Waals surface area contributed by atoms with E-state index in [1.807, 2.05) is 0 Å². The first kappa shape index (κ1) is 15.6. The monoisotopic (exact) mass is 311 g/mol. The summed E-state index contributed by atoms with van der Waals surface area (Å²) in [5, 5.41) is 0. The fourth-order valence-electron chi connectivity index (χ4n) is 1.95. The van der Waals surface area contributed by atoms with E-state index in [-0.39, 0.29) is 11.4 Å². The van der Waals surface area contributed by atoms with Gasteiger partial charge in [0.15, 0.2) is 0 Å². The van der Waals surface area contributed by atoms with Gasteiger partial charge in [-0.1, -0.05) is 30.3 Å². The van der Waals surface area contributed by atoms with Crippen LogP contribution < -0.4 is 4.72 Å². The van der Waals surface area contributed by atoms with E-state index < -0.39 is 27.6 Å². The van der Waals surface area contributed by atoms with E-state index in [9.17, 15) is 17.2 Å². The fraction of sp³-hybridized carbons (Fsp3) is 0.200. The lowest BCUT2D eigenvalue weighted by molar-refractivity contribution is 0.561. The summed E-state index contributed by atoms with van der Waals surface area (Å²) in [5.74, 6) is -1.39. The van der Waals surface area contributed by atoms with Gasteiger partial charge >= 0.3 is 0 Å². The molecule has 112 valence electrons. The summed E-state index contributed by atoms with van der Waals surface area (Å²) in [4.78, 5) is 0. The van der Waals surface area contributed by atoms with Crippen molar-refractivity contribution in [2.45, 2.75) is 18.7 Å². The second kappa shape index (κ2) is 6.32. The SMILES string of the molecule is C[C@@H](NS(=O)(=O)Cc1ccccc1F)c1ccc(F)cc1. The van der Waals surface area contributed by atoms with Crippen LogP contribution in [0.3, 0.4) is 0 Å². The van der Waals surface area contributed by atoms with Crippen molar-refractivity contribution in [2.24, 2.45) is 0 Å². The number of halogens is 2. The van der Waals surface area contributed by atoms with E-state index in [1.54, 1.807) is 13.0 Å². The number of hydrogen-bond acceptors (Lipinski definition) is 2. The molecule has 3 nitrogen and oxygen atoms in total. The van der Waals surface area contributed by atoms with Crippen LogP contribution in [0.5, 0.6) is 0 Å². The van der Waals surface area contributed by atoms with Crippen LogP contribution >= 0.6 is 0 Å². The van der Waals surface area contributed by atoms with Crippen LogP contribution in [0.4, 0.5) is 8.78 Å². The van der Waals surface area contributed by atoms with Crippen LogP contribution in [0.1, 0.15) is 24.1 Å². The van der Waals surface area contributed by atoms with Crippen LogP contribution in [0, 0.1) is 11.6 Å². The molecule has 0 aliphatic rings. The Kier molecular flexibility index (Phi) is 4.69. The van der Waals surface area contributed by atoms with E-state index in [1.165, 1.54) is 42.5 Å². The first-order valence-electron chi connectivity index (χ1n) is 6.36. The summed E-state index contributed by atoms with van der Waals surface area (Å²) in [6.45, 7) is 1.64. The number of rotatable bonds is 5. The third kappa shape index (κ3) is 4.34. The molecule has 0 unspecified atom stereocenters. The Bertz CT molecular complexity index is 715. The van der Waals surface area contributed by atoms with Crippen molar-refractivity contribution in [3.05, 3.63) is 71.3 Å². The van der Waals surface area contributed by atoms with Crippen molar-refractivity contribution < 1.29 is 17.2 Å². The minimum Gasteiger partial charge on any atom is -0.212 e.